The number of benzene rings is 3. The molecule has 0 aliphatic rings. The van der Waals surface area contributed by atoms with Gasteiger partial charge in [0.1, 0.15) is 11.8 Å². The van der Waals surface area contributed by atoms with Crippen molar-refractivity contribution in [2.24, 2.45) is 0 Å². The molecule has 3 aromatic rings. The van der Waals surface area contributed by atoms with Crippen LogP contribution in [0, 0.1) is 6.92 Å². The molecule has 3 rings (SSSR count). The van der Waals surface area contributed by atoms with Crippen LogP contribution in [0.5, 0.6) is 5.75 Å². The first-order valence-electron chi connectivity index (χ1n) is 12.9. The molecule has 1 N–H and O–H groups in total. The third-order valence-corrected chi connectivity index (χ3v) is 6.61. The SMILES string of the molecule is CC[C@H](C)NC(=O)[C@H](Cc1ccccc1)N(Cc1ccc(C)cc1)C(=O)CCCOc1ccc(Cl)cc1. The average molecular weight is 521 g/mol. The monoisotopic (exact) mass is 520 g/mol. The third kappa shape index (κ3) is 9.25. The number of hydrogen-bond acceptors (Lipinski definition) is 3. The largest absolute Gasteiger partial charge is 0.494 e. The molecule has 196 valence electrons. The van der Waals surface area contributed by atoms with Crippen LogP contribution in [-0.4, -0.2) is 35.4 Å². The molecule has 0 radical (unpaired) electrons. The molecule has 0 aliphatic carbocycles. The van der Waals surface area contributed by atoms with E-state index in [9.17, 15) is 9.59 Å². The van der Waals surface area contributed by atoms with Crippen molar-refractivity contribution in [1.29, 1.82) is 0 Å². The summed E-state index contributed by atoms with van der Waals surface area (Å²) < 4.78 is 5.78. The van der Waals surface area contributed by atoms with Crippen LogP contribution in [0.25, 0.3) is 0 Å². The van der Waals surface area contributed by atoms with Gasteiger partial charge in [0.25, 0.3) is 0 Å². The topological polar surface area (TPSA) is 58.6 Å². The minimum atomic E-state index is -0.623. The molecule has 2 amide bonds. The predicted molar refractivity (Wildman–Crippen MR) is 150 cm³/mol. The van der Waals surface area contributed by atoms with Crippen LogP contribution in [-0.2, 0) is 22.6 Å². The van der Waals surface area contributed by atoms with Crippen molar-refractivity contribution in [3.63, 3.8) is 0 Å². The molecular weight excluding hydrogens is 484 g/mol. The number of nitrogens with one attached hydrogen (secondary N) is 1. The predicted octanol–water partition coefficient (Wildman–Crippen LogP) is 6.36. The molecule has 37 heavy (non-hydrogen) atoms. The van der Waals surface area contributed by atoms with Crippen molar-refractivity contribution in [2.75, 3.05) is 6.61 Å². The normalized spacial score (nSPS) is 12.4. The summed E-state index contributed by atoms with van der Waals surface area (Å²) in [5.74, 6) is 0.514. The molecule has 0 unspecified atom stereocenters. The Hall–Kier alpha value is -3.31. The van der Waals surface area contributed by atoms with Gasteiger partial charge in [0.05, 0.1) is 6.61 Å². The quantitative estimate of drug-likeness (QED) is 0.267. The van der Waals surface area contributed by atoms with Crippen LogP contribution in [0.2, 0.25) is 5.02 Å². The number of aryl methyl sites for hydroxylation is 1. The lowest BCUT2D eigenvalue weighted by atomic mass is 10.0. The summed E-state index contributed by atoms with van der Waals surface area (Å²) in [6.07, 6.45) is 2.08. The van der Waals surface area contributed by atoms with Crippen molar-refractivity contribution >= 4 is 23.4 Å². The highest BCUT2D eigenvalue weighted by atomic mass is 35.5. The maximum absolute atomic E-state index is 13.6. The van der Waals surface area contributed by atoms with E-state index < -0.39 is 6.04 Å². The number of rotatable bonds is 13. The first kappa shape index (κ1) is 28.3. The molecule has 0 aliphatic heterocycles. The summed E-state index contributed by atoms with van der Waals surface area (Å²) in [5, 5.41) is 3.75. The number of carbonyl (C=O) groups excluding carboxylic acids is 2. The van der Waals surface area contributed by atoms with E-state index in [-0.39, 0.29) is 24.3 Å². The van der Waals surface area contributed by atoms with Crippen LogP contribution in [0.3, 0.4) is 0 Å². The molecule has 5 nitrogen and oxygen atoms in total. The second-order valence-electron chi connectivity index (χ2n) is 9.44. The van der Waals surface area contributed by atoms with Gasteiger partial charge in [-0.2, -0.15) is 0 Å². The summed E-state index contributed by atoms with van der Waals surface area (Å²) in [6, 6.07) is 24.5. The van der Waals surface area contributed by atoms with Crippen LogP contribution in [0.15, 0.2) is 78.9 Å². The van der Waals surface area contributed by atoms with Crippen molar-refractivity contribution in [2.45, 2.75) is 65.1 Å². The Morgan fingerprint density at radius 3 is 2.27 bits per heavy atom. The summed E-state index contributed by atoms with van der Waals surface area (Å²) in [7, 11) is 0. The minimum Gasteiger partial charge on any atom is -0.494 e. The Morgan fingerprint density at radius 2 is 1.62 bits per heavy atom. The lowest BCUT2D eigenvalue weighted by molar-refractivity contribution is -0.141. The smallest absolute Gasteiger partial charge is 0.243 e. The lowest BCUT2D eigenvalue weighted by Gasteiger charge is -2.32. The number of nitrogens with zero attached hydrogens (tertiary/aromatic N) is 1. The molecular formula is C31H37ClN2O3. The van der Waals surface area contributed by atoms with Gasteiger partial charge in [0.15, 0.2) is 0 Å². The van der Waals surface area contributed by atoms with Gasteiger partial charge < -0.3 is 15.0 Å². The first-order chi connectivity index (χ1) is 17.9. The Morgan fingerprint density at radius 1 is 0.946 bits per heavy atom. The van der Waals surface area contributed by atoms with E-state index in [2.05, 4.69) is 5.32 Å². The third-order valence-electron chi connectivity index (χ3n) is 6.36. The number of amides is 2. The Bertz CT molecular complexity index is 1120. The van der Waals surface area contributed by atoms with Gasteiger partial charge in [-0.05, 0) is 62.1 Å². The molecule has 0 heterocycles. The fourth-order valence-corrected chi connectivity index (χ4v) is 4.10. The van der Waals surface area contributed by atoms with Gasteiger partial charge >= 0.3 is 0 Å². The zero-order valence-electron chi connectivity index (χ0n) is 22.0. The number of ether oxygens (including phenoxy) is 1. The Kier molecular flexibility index (Phi) is 11.0. The van der Waals surface area contributed by atoms with Crippen molar-refractivity contribution in [3.05, 3.63) is 101 Å². The van der Waals surface area contributed by atoms with Gasteiger partial charge in [0.2, 0.25) is 11.8 Å². The van der Waals surface area contributed by atoms with E-state index in [1.165, 1.54) is 0 Å². The second-order valence-corrected chi connectivity index (χ2v) is 9.87. The summed E-state index contributed by atoms with van der Waals surface area (Å²) >= 11 is 5.94. The Labute approximate surface area is 225 Å². The summed E-state index contributed by atoms with van der Waals surface area (Å²) in [6.45, 7) is 6.81. The van der Waals surface area contributed by atoms with Gasteiger partial charge in [-0.15, -0.1) is 0 Å². The molecule has 0 aromatic heterocycles. The molecule has 2 atom stereocenters. The average Bonchev–Trinajstić information content (AvgIpc) is 2.91. The molecule has 0 spiro atoms. The molecule has 0 saturated heterocycles. The summed E-state index contributed by atoms with van der Waals surface area (Å²) in [5.41, 5.74) is 3.15. The maximum atomic E-state index is 13.6. The van der Waals surface area contributed by atoms with E-state index in [1.807, 2.05) is 87.5 Å². The van der Waals surface area contributed by atoms with Gasteiger partial charge in [-0.3, -0.25) is 9.59 Å². The van der Waals surface area contributed by atoms with Gasteiger partial charge in [0, 0.05) is 30.5 Å². The highest BCUT2D eigenvalue weighted by Gasteiger charge is 2.30. The second kappa shape index (κ2) is 14.4. The lowest BCUT2D eigenvalue weighted by Crippen LogP contribution is -2.52. The standard InChI is InChI=1S/C31H37ClN2O3/c1-4-24(3)33-31(36)29(21-25-9-6-5-7-10-25)34(22-26-14-12-23(2)13-15-26)30(35)11-8-20-37-28-18-16-27(32)17-19-28/h5-7,9-10,12-19,24,29H,4,8,11,20-22H2,1-3H3,(H,33,36)/t24-,29-/m0/s1. The van der Waals surface area contributed by atoms with Crippen molar-refractivity contribution in [3.8, 4) is 5.75 Å². The van der Waals surface area contributed by atoms with Gasteiger partial charge in [-0.25, -0.2) is 0 Å². The zero-order chi connectivity index (χ0) is 26.6. The van der Waals surface area contributed by atoms with E-state index in [1.54, 1.807) is 17.0 Å². The minimum absolute atomic E-state index is 0.0230. The fraction of sp³-hybridized carbons (Fsp3) is 0.355. The molecule has 3 aromatic carbocycles. The van der Waals surface area contributed by atoms with Crippen LogP contribution >= 0.6 is 11.6 Å². The summed E-state index contributed by atoms with van der Waals surface area (Å²) in [4.78, 5) is 28.9. The van der Waals surface area contributed by atoms with E-state index in [0.29, 0.717) is 36.8 Å². The molecule has 0 bridgehead atoms. The number of carbonyl (C=O) groups is 2. The molecule has 6 heteroatoms. The van der Waals surface area contributed by atoms with Crippen LogP contribution in [0.4, 0.5) is 0 Å². The zero-order valence-corrected chi connectivity index (χ0v) is 22.7. The number of hydrogen-bond donors (Lipinski definition) is 1. The van der Waals surface area contributed by atoms with Crippen molar-refractivity contribution in [1.82, 2.24) is 10.2 Å². The highest BCUT2D eigenvalue weighted by Crippen LogP contribution is 2.19. The van der Waals surface area contributed by atoms with Crippen LogP contribution in [0.1, 0.15) is 49.8 Å². The van der Waals surface area contributed by atoms with Crippen LogP contribution < -0.4 is 10.1 Å². The molecule has 0 fully saturated rings. The maximum Gasteiger partial charge on any atom is 0.243 e. The Balaban J connectivity index is 1.78. The van der Waals surface area contributed by atoms with E-state index >= 15 is 0 Å². The van der Waals surface area contributed by atoms with E-state index in [0.717, 1.165) is 23.1 Å². The van der Waals surface area contributed by atoms with E-state index in [4.69, 9.17) is 16.3 Å². The first-order valence-corrected chi connectivity index (χ1v) is 13.3. The highest BCUT2D eigenvalue weighted by molar-refractivity contribution is 6.30. The molecule has 0 saturated carbocycles. The van der Waals surface area contributed by atoms with Gasteiger partial charge in [-0.1, -0.05) is 78.7 Å². The van der Waals surface area contributed by atoms with Crippen molar-refractivity contribution < 1.29 is 14.3 Å². The fourth-order valence-electron chi connectivity index (χ4n) is 3.97. The number of halogens is 1.